The van der Waals surface area contributed by atoms with Crippen LogP contribution in [0.2, 0.25) is 0 Å². The van der Waals surface area contributed by atoms with Crippen molar-refractivity contribution in [1.82, 2.24) is 19.3 Å². The highest BCUT2D eigenvalue weighted by Gasteiger charge is 2.32. The van der Waals surface area contributed by atoms with E-state index in [2.05, 4.69) is 29.5 Å². The van der Waals surface area contributed by atoms with Gasteiger partial charge in [-0.1, -0.05) is 29.8 Å². The van der Waals surface area contributed by atoms with Crippen LogP contribution in [-0.4, -0.2) is 46.7 Å². The van der Waals surface area contributed by atoms with Gasteiger partial charge < -0.3 is 5.32 Å². The van der Waals surface area contributed by atoms with Crippen LogP contribution in [0, 0.1) is 12.8 Å². The van der Waals surface area contributed by atoms with Gasteiger partial charge in [0.15, 0.2) is 0 Å². The number of aromatic nitrogens is 3. The zero-order valence-corrected chi connectivity index (χ0v) is 19.5. The van der Waals surface area contributed by atoms with Gasteiger partial charge >= 0.3 is 0 Å². The number of rotatable bonds is 6. The molecule has 1 atom stereocenters. The van der Waals surface area contributed by atoms with Crippen molar-refractivity contribution in [3.8, 4) is 0 Å². The van der Waals surface area contributed by atoms with Crippen LogP contribution >= 0.6 is 0 Å². The lowest BCUT2D eigenvalue weighted by Crippen LogP contribution is -2.41. The molecule has 1 unspecified atom stereocenters. The molecule has 8 nitrogen and oxygen atoms in total. The van der Waals surface area contributed by atoms with Crippen LogP contribution in [0.4, 0.5) is 5.69 Å². The van der Waals surface area contributed by atoms with Gasteiger partial charge in [-0.2, -0.15) is 4.31 Å². The maximum absolute atomic E-state index is 13.2. The number of carbonyl (C=O) groups is 1. The molecule has 0 spiro atoms. The third kappa shape index (κ3) is 4.40. The number of amides is 1. The molecule has 0 bridgehead atoms. The fourth-order valence-electron chi connectivity index (χ4n) is 3.97. The second-order valence-electron chi connectivity index (χ2n) is 8.48. The Bertz CT molecular complexity index is 1210. The van der Waals surface area contributed by atoms with Gasteiger partial charge in [-0.3, -0.25) is 4.79 Å². The molecule has 9 heteroatoms. The van der Waals surface area contributed by atoms with Gasteiger partial charge in [-0.15, -0.1) is 5.10 Å². The summed E-state index contributed by atoms with van der Waals surface area (Å²) in [5.74, 6) is -0.269. The van der Waals surface area contributed by atoms with Crippen molar-refractivity contribution >= 4 is 32.7 Å². The van der Waals surface area contributed by atoms with Crippen molar-refractivity contribution in [3.63, 3.8) is 0 Å². The molecule has 0 aliphatic carbocycles. The monoisotopic (exact) mass is 455 g/mol. The second-order valence-corrected chi connectivity index (χ2v) is 10.4. The Morgan fingerprint density at radius 2 is 1.84 bits per heavy atom. The summed E-state index contributed by atoms with van der Waals surface area (Å²) in [7, 11) is -3.66. The first-order valence-corrected chi connectivity index (χ1v) is 12.5. The predicted octanol–water partition coefficient (Wildman–Crippen LogP) is 3.75. The Morgan fingerprint density at radius 3 is 2.50 bits per heavy atom. The summed E-state index contributed by atoms with van der Waals surface area (Å²) >= 11 is 0. The van der Waals surface area contributed by atoms with Crippen molar-refractivity contribution < 1.29 is 13.2 Å². The number of sulfonamides is 1. The number of benzene rings is 2. The standard InChI is InChI=1S/C23H29N5O3S/c1-4-17(3)28-22-10-9-20(15-21(22)25-26-28)32(30,31)27-13-11-18(12-14-27)23(29)24-19-7-5-16(2)6-8-19/h5-10,15,17-18H,4,11-14H2,1-3H3,(H,24,29). The molecule has 1 aliphatic heterocycles. The number of aryl methyl sites for hydroxylation is 1. The molecule has 1 aromatic heterocycles. The number of nitrogens with one attached hydrogen (secondary N) is 1. The minimum absolute atomic E-state index is 0.0611. The molecule has 3 aromatic rings. The Hall–Kier alpha value is -2.78. The van der Waals surface area contributed by atoms with Gasteiger partial charge in [0.25, 0.3) is 0 Å². The molecule has 2 heterocycles. The van der Waals surface area contributed by atoms with E-state index in [1.54, 1.807) is 18.2 Å². The van der Waals surface area contributed by atoms with E-state index in [-0.39, 0.29) is 22.8 Å². The van der Waals surface area contributed by atoms with E-state index in [1.807, 2.05) is 35.9 Å². The van der Waals surface area contributed by atoms with E-state index in [9.17, 15) is 13.2 Å². The lowest BCUT2D eigenvalue weighted by Gasteiger charge is -2.30. The molecule has 1 fully saturated rings. The number of piperidine rings is 1. The molecule has 32 heavy (non-hydrogen) atoms. The summed E-state index contributed by atoms with van der Waals surface area (Å²) in [6.45, 7) is 6.74. The first-order valence-electron chi connectivity index (χ1n) is 11.0. The molecular formula is C23H29N5O3S. The predicted molar refractivity (Wildman–Crippen MR) is 124 cm³/mol. The van der Waals surface area contributed by atoms with Crippen LogP contribution in [-0.2, 0) is 14.8 Å². The number of fused-ring (bicyclic) bond motifs is 1. The van der Waals surface area contributed by atoms with Crippen molar-refractivity contribution in [3.05, 3.63) is 48.0 Å². The Morgan fingerprint density at radius 1 is 1.16 bits per heavy atom. The van der Waals surface area contributed by atoms with Crippen molar-refractivity contribution in [2.24, 2.45) is 5.92 Å². The van der Waals surface area contributed by atoms with E-state index in [0.29, 0.717) is 31.4 Å². The summed E-state index contributed by atoms with van der Waals surface area (Å²) < 4.78 is 29.7. The summed E-state index contributed by atoms with van der Waals surface area (Å²) in [6.07, 6.45) is 1.89. The topological polar surface area (TPSA) is 97.2 Å². The molecule has 1 N–H and O–H groups in total. The molecule has 1 aliphatic rings. The maximum Gasteiger partial charge on any atom is 0.243 e. The average molecular weight is 456 g/mol. The summed E-state index contributed by atoms with van der Waals surface area (Å²) in [6, 6.07) is 12.8. The largest absolute Gasteiger partial charge is 0.326 e. The summed E-state index contributed by atoms with van der Waals surface area (Å²) in [5.41, 5.74) is 3.28. The number of nitrogens with zero attached hydrogens (tertiary/aromatic N) is 4. The number of hydrogen-bond donors (Lipinski definition) is 1. The van der Waals surface area contributed by atoms with Gasteiger partial charge in [0.05, 0.1) is 16.5 Å². The molecule has 170 valence electrons. The van der Waals surface area contributed by atoms with Crippen LogP contribution in [0.3, 0.4) is 0 Å². The van der Waals surface area contributed by atoms with Crippen LogP contribution in [0.15, 0.2) is 47.4 Å². The normalized spacial score (nSPS) is 16.8. The maximum atomic E-state index is 13.2. The highest BCUT2D eigenvalue weighted by Crippen LogP contribution is 2.27. The van der Waals surface area contributed by atoms with Gasteiger partial charge in [0.2, 0.25) is 15.9 Å². The van der Waals surface area contributed by atoms with E-state index in [1.165, 1.54) is 4.31 Å². The van der Waals surface area contributed by atoms with Crippen molar-refractivity contribution in [1.29, 1.82) is 0 Å². The molecule has 2 aromatic carbocycles. The third-order valence-corrected chi connectivity index (χ3v) is 8.13. The SMILES string of the molecule is CCC(C)n1nnc2cc(S(=O)(=O)N3CCC(C(=O)Nc4ccc(C)cc4)CC3)ccc21. The smallest absolute Gasteiger partial charge is 0.243 e. The zero-order chi connectivity index (χ0) is 22.9. The molecule has 0 saturated carbocycles. The van der Waals surface area contributed by atoms with E-state index in [0.717, 1.165) is 23.2 Å². The van der Waals surface area contributed by atoms with E-state index < -0.39 is 10.0 Å². The van der Waals surface area contributed by atoms with Crippen LogP contribution in [0.1, 0.15) is 44.7 Å². The lowest BCUT2D eigenvalue weighted by molar-refractivity contribution is -0.120. The van der Waals surface area contributed by atoms with Crippen LogP contribution < -0.4 is 5.32 Å². The van der Waals surface area contributed by atoms with Gasteiger partial charge in [0.1, 0.15) is 5.52 Å². The number of carbonyl (C=O) groups excluding carboxylic acids is 1. The summed E-state index contributed by atoms with van der Waals surface area (Å²) in [5, 5.41) is 11.3. The molecule has 1 amide bonds. The quantitative estimate of drug-likeness (QED) is 0.611. The molecular weight excluding hydrogens is 426 g/mol. The van der Waals surface area contributed by atoms with Crippen molar-refractivity contribution in [2.45, 2.75) is 51.0 Å². The Labute approximate surface area is 188 Å². The molecule has 0 radical (unpaired) electrons. The minimum Gasteiger partial charge on any atom is -0.326 e. The number of hydrogen-bond acceptors (Lipinski definition) is 5. The van der Waals surface area contributed by atoms with Gasteiger partial charge in [0, 0.05) is 24.7 Å². The van der Waals surface area contributed by atoms with Crippen LogP contribution in [0.5, 0.6) is 0 Å². The average Bonchev–Trinajstić information content (AvgIpc) is 3.23. The summed E-state index contributed by atoms with van der Waals surface area (Å²) in [4.78, 5) is 12.8. The third-order valence-electron chi connectivity index (χ3n) is 6.23. The second kappa shape index (κ2) is 8.99. The fraction of sp³-hybridized carbons (Fsp3) is 0.435. The Kier molecular flexibility index (Phi) is 6.30. The lowest BCUT2D eigenvalue weighted by atomic mass is 9.97. The first kappa shape index (κ1) is 22.4. The number of anilines is 1. The fourth-order valence-corrected chi connectivity index (χ4v) is 5.46. The zero-order valence-electron chi connectivity index (χ0n) is 18.7. The van der Waals surface area contributed by atoms with Gasteiger partial charge in [-0.05, 0) is 63.4 Å². The van der Waals surface area contributed by atoms with Gasteiger partial charge in [-0.25, -0.2) is 13.1 Å². The highest BCUT2D eigenvalue weighted by molar-refractivity contribution is 7.89. The van der Waals surface area contributed by atoms with E-state index in [4.69, 9.17) is 0 Å². The molecule has 1 saturated heterocycles. The minimum atomic E-state index is -3.66. The van der Waals surface area contributed by atoms with E-state index >= 15 is 0 Å². The van der Waals surface area contributed by atoms with Crippen LogP contribution in [0.25, 0.3) is 11.0 Å². The first-order chi connectivity index (χ1) is 15.3. The Balaban J connectivity index is 1.43. The van der Waals surface area contributed by atoms with Crippen molar-refractivity contribution in [2.75, 3.05) is 18.4 Å². The highest BCUT2D eigenvalue weighted by atomic mass is 32.2. The molecule has 4 rings (SSSR count).